The summed E-state index contributed by atoms with van der Waals surface area (Å²) in [6, 6.07) is 0. The summed E-state index contributed by atoms with van der Waals surface area (Å²) in [5.74, 6) is 0. The van der Waals surface area contributed by atoms with Crippen LogP contribution >= 0.6 is 7.82 Å². The molecule has 0 spiro atoms. The second-order valence-corrected chi connectivity index (χ2v) is 2.98. The van der Waals surface area contributed by atoms with E-state index in [4.69, 9.17) is 0 Å². The first-order chi connectivity index (χ1) is 3.68. The molecule has 0 aliphatic rings. The Morgan fingerprint density at radius 1 is 1.00 bits per heavy atom. The van der Waals surface area contributed by atoms with Crippen molar-refractivity contribution in [3.63, 3.8) is 0 Å². The molecule has 0 bridgehead atoms. The van der Waals surface area contributed by atoms with Gasteiger partial charge in [0.05, 0.1) is 0 Å². The minimum atomic E-state index is -3.16. The van der Waals surface area contributed by atoms with E-state index in [9.17, 15) is 4.57 Å². The molecular weight excluding hydrogens is 170 g/mol. The Kier molecular flexibility index (Phi) is 9.57. The molecule has 4 nitrogen and oxygen atoms in total. The molecule has 9 heavy (non-hydrogen) atoms. The van der Waals surface area contributed by atoms with Crippen molar-refractivity contribution in [3.05, 3.63) is 0 Å². The molecule has 0 unspecified atom stereocenters. The molecule has 0 aliphatic heterocycles. The molecule has 0 saturated heterocycles. The molecule has 0 rings (SSSR count). The third-order valence-electron chi connectivity index (χ3n) is 0.671. The van der Waals surface area contributed by atoms with Gasteiger partial charge in [-0.3, -0.25) is 13.6 Å². The summed E-state index contributed by atoms with van der Waals surface area (Å²) in [5.41, 5.74) is 0. The van der Waals surface area contributed by atoms with Crippen molar-refractivity contribution in [1.82, 2.24) is 0 Å². The van der Waals surface area contributed by atoms with Crippen molar-refractivity contribution < 1.29 is 18.1 Å². The first-order valence-corrected chi connectivity index (χ1v) is 3.42. The van der Waals surface area contributed by atoms with E-state index in [1.807, 2.05) is 0 Å². The SMILES string of the molecule is COP(=O)(OC)OC.[K]. The van der Waals surface area contributed by atoms with Gasteiger partial charge in [-0.05, 0) is 0 Å². The predicted octanol–water partition coefficient (Wildman–Crippen LogP) is 0.653. The normalized spacial score (nSPS) is 10.6. The maximum atomic E-state index is 10.7. The average Bonchev–Trinajstić information content (AvgIpc) is 1.87. The second-order valence-electron chi connectivity index (χ2n) is 0.995. The molecule has 51 valence electrons. The fourth-order valence-electron chi connectivity index (χ4n) is 0.224. The molecule has 1 radical (unpaired) electrons. The molecule has 0 aromatic heterocycles. The fourth-order valence-corrected chi connectivity index (χ4v) is 0.671. The zero-order chi connectivity index (χ0) is 6.62. The Labute approximate surface area is 97.3 Å². The molecule has 0 aliphatic carbocycles. The van der Waals surface area contributed by atoms with Gasteiger partial charge in [-0.25, -0.2) is 4.57 Å². The molecule has 0 atom stereocenters. The van der Waals surface area contributed by atoms with Crippen molar-refractivity contribution in [3.8, 4) is 0 Å². The standard InChI is InChI=1S/C3H9O4P.K/c1-5-8(4,6-2)7-3;/h1-3H3;. The third-order valence-corrected chi connectivity index (χ3v) is 2.01. The smallest absolute Gasteiger partial charge is 0.290 e. The summed E-state index contributed by atoms with van der Waals surface area (Å²) in [6.07, 6.45) is 0. The van der Waals surface area contributed by atoms with Gasteiger partial charge in [0.1, 0.15) is 0 Å². The van der Waals surface area contributed by atoms with Crippen LogP contribution < -0.4 is 0 Å². The Balaban J connectivity index is 0. The van der Waals surface area contributed by atoms with E-state index in [2.05, 4.69) is 13.6 Å². The van der Waals surface area contributed by atoms with E-state index >= 15 is 0 Å². The van der Waals surface area contributed by atoms with Gasteiger partial charge in [-0.15, -0.1) is 0 Å². The zero-order valence-electron chi connectivity index (χ0n) is 6.08. The van der Waals surface area contributed by atoms with Crippen LogP contribution in [0.5, 0.6) is 0 Å². The number of phosphoric acid groups is 1. The monoisotopic (exact) mass is 179 g/mol. The molecule has 0 fully saturated rings. The van der Waals surface area contributed by atoms with Crippen LogP contribution in [0.2, 0.25) is 0 Å². The van der Waals surface area contributed by atoms with E-state index in [-0.39, 0.29) is 51.4 Å². The minimum absolute atomic E-state index is 0. The summed E-state index contributed by atoms with van der Waals surface area (Å²) in [6.45, 7) is 0. The van der Waals surface area contributed by atoms with Crippen LogP contribution in [0.25, 0.3) is 0 Å². The third kappa shape index (κ3) is 5.06. The van der Waals surface area contributed by atoms with Crippen molar-refractivity contribution in [1.29, 1.82) is 0 Å². The first-order valence-electron chi connectivity index (χ1n) is 1.96. The maximum Gasteiger partial charge on any atom is 0.473 e. The van der Waals surface area contributed by atoms with Gasteiger partial charge >= 0.3 is 7.82 Å². The topological polar surface area (TPSA) is 44.8 Å². The zero-order valence-corrected chi connectivity index (χ0v) is 10.1. The van der Waals surface area contributed by atoms with Gasteiger partial charge in [0, 0.05) is 72.7 Å². The molecule has 0 aromatic carbocycles. The molecule has 0 saturated carbocycles. The number of rotatable bonds is 3. The quantitative estimate of drug-likeness (QED) is 0.471. The van der Waals surface area contributed by atoms with Crippen LogP contribution in [-0.4, -0.2) is 72.7 Å². The molecular formula is C3H9KO4P. The van der Waals surface area contributed by atoms with Crippen molar-refractivity contribution >= 4 is 59.2 Å². The van der Waals surface area contributed by atoms with Crippen molar-refractivity contribution in [2.45, 2.75) is 0 Å². The minimum Gasteiger partial charge on any atom is -0.290 e. The van der Waals surface area contributed by atoms with Crippen molar-refractivity contribution in [2.75, 3.05) is 21.3 Å². The largest absolute Gasteiger partial charge is 0.473 e. The van der Waals surface area contributed by atoms with E-state index < -0.39 is 7.82 Å². The summed E-state index contributed by atoms with van der Waals surface area (Å²) < 4.78 is 23.7. The van der Waals surface area contributed by atoms with Crippen LogP contribution in [0.15, 0.2) is 0 Å². The maximum absolute atomic E-state index is 10.7. The number of hydrogen-bond acceptors (Lipinski definition) is 4. The summed E-state index contributed by atoms with van der Waals surface area (Å²) in [7, 11) is 0.611. The summed E-state index contributed by atoms with van der Waals surface area (Å²) >= 11 is 0. The van der Waals surface area contributed by atoms with Crippen LogP contribution in [0.1, 0.15) is 0 Å². The van der Waals surface area contributed by atoms with Gasteiger partial charge < -0.3 is 0 Å². The van der Waals surface area contributed by atoms with Gasteiger partial charge in [-0.1, -0.05) is 0 Å². The molecule has 6 heteroatoms. The Morgan fingerprint density at radius 2 is 1.22 bits per heavy atom. The van der Waals surface area contributed by atoms with E-state index in [1.165, 1.54) is 21.3 Å². The van der Waals surface area contributed by atoms with Gasteiger partial charge in [0.25, 0.3) is 0 Å². The van der Waals surface area contributed by atoms with E-state index in [0.717, 1.165) is 0 Å². The molecule has 0 heterocycles. The molecule has 0 amide bonds. The van der Waals surface area contributed by atoms with Crippen LogP contribution in [0.3, 0.4) is 0 Å². The van der Waals surface area contributed by atoms with Crippen LogP contribution in [0, 0.1) is 0 Å². The van der Waals surface area contributed by atoms with Gasteiger partial charge in [-0.2, -0.15) is 0 Å². The van der Waals surface area contributed by atoms with Crippen molar-refractivity contribution in [2.24, 2.45) is 0 Å². The Morgan fingerprint density at radius 3 is 1.22 bits per heavy atom. The number of hydrogen-bond donors (Lipinski definition) is 0. The van der Waals surface area contributed by atoms with Crippen LogP contribution in [0.4, 0.5) is 0 Å². The van der Waals surface area contributed by atoms with Gasteiger partial charge in [0.15, 0.2) is 0 Å². The average molecular weight is 179 g/mol. The van der Waals surface area contributed by atoms with E-state index in [0.29, 0.717) is 0 Å². The Hall–Kier alpha value is 1.75. The summed E-state index contributed by atoms with van der Waals surface area (Å²) in [4.78, 5) is 0. The van der Waals surface area contributed by atoms with Gasteiger partial charge in [0.2, 0.25) is 0 Å². The Bertz CT molecular complexity index is 87.0. The molecule has 0 aromatic rings. The predicted molar refractivity (Wildman–Crippen MR) is 34.4 cm³/mol. The summed E-state index contributed by atoms with van der Waals surface area (Å²) in [5, 5.41) is 0. The van der Waals surface area contributed by atoms with Crippen LogP contribution in [-0.2, 0) is 18.1 Å². The number of phosphoric ester groups is 1. The first kappa shape index (κ1) is 13.3. The second kappa shape index (κ2) is 6.46. The van der Waals surface area contributed by atoms with E-state index in [1.54, 1.807) is 0 Å². The fraction of sp³-hybridized carbons (Fsp3) is 1.00. The molecule has 0 N–H and O–H groups in total.